The lowest BCUT2D eigenvalue weighted by molar-refractivity contribution is 0.569. The first-order chi connectivity index (χ1) is 14.0. The van der Waals surface area contributed by atoms with Crippen molar-refractivity contribution in [1.29, 1.82) is 0 Å². The molecule has 1 heterocycles. The predicted octanol–water partition coefficient (Wildman–Crippen LogP) is 8.66. The van der Waals surface area contributed by atoms with Gasteiger partial charge in [-0.3, -0.25) is 4.57 Å². The number of rotatable bonds is 4. The Morgan fingerprint density at radius 2 is 1.40 bits per heavy atom. The summed E-state index contributed by atoms with van der Waals surface area (Å²) in [7, 11) is 0. The molecule has 0 amide bonds. The molecule has 2 aromatic carbocycles. The summed E-state index contributed by atoms with van der Waals surface area (Å²) in [6.07, 6.45) is 2.01. The number of benzene rings is 2. The van der Waals surface area contributed by atoms with E-state index in [4.69, 9.17) is 12.2 Å². The highest BCUT2D eigenvalue weighted by Crippen LogP contribution is 2.37. The lowest BCUT2D eigenvalue weighted by atomic mass is 9.79. The minimum absolute atomic E-state index is 0.0909. The summed E-state index contributed by atoms with van der Waals surface area (Å²) >= 11 is 7.59. The third kappa shape index (κ3) is 4.48. The molecule has 3 rings (SSSR count). The van der Waals surface area contributed by atoms with Gasteiger partial charge in [-0.2, -0.15) is 0 Å². The molecular formula is C27H35NS2. The second kappa shape index (κ2) is 8.43. The fraction of sp³-hybridized carbons (Fsp3) is 0.444. The highest BCUT2D eigenvalue weighted by molar-refractivity contribution is 7.73. The van der Waals surface area contributed by atoms with Gasteiger partial charge < -0.3 is 0 Å². The first kappa shape index (κ1) is 23.0. The van der Waals surface area contributed by atoms with Crippen molar-refractivity contribution in [3.05, 3.63) is 68.1 Å². The Bertz CT molecular complexity index is 1070. The minimum Gasteiger partial charge on any atom is -0.295 e. The van der Waals surface area contributed by atoms with Gasteiger partial charge in [-0.25, -0.2) is 0 Å². The van der Waals surface area contributed by atoms with Crippen LogP contribution in [0.15, 0.2) is 42.5 Å². The molecule has 0 aliphatic heterocycles. The number of aryl methyl sites for hydroxylation is 1. The molecule has 1 aromatic heterocycles. The van der Waals surface area contributed by atoms with Gasteiger partial charge in [0.1, 0.15) is 0 Å². The molecule has 1 nitrogen and oxygen atoms in total. The van der Waals surface area contributed by atoms with E-state index in [9.17, 15) is 0 Å². The molecule has 0 N–H and O–H groups in total. The standard InChI is InChI=1S/C27H35NS2/c1-9-22-24(10-2)30-25(29)28(22)23-14-12-11-13-21(23)18-15-19(26(3,4)5)17-20(16-18)27(6,7)8/h11-17H,9-10H2,1-8H3. The van der Waals surface area contributed by atoms with Crippen LogP contribution in [0.2, 0.25) is 0 Å². The van der Waals surface area contributed by atoms with Crippen molar-refractivity contribution in [2.24, 2.45) is 0 Å². The van der Waals surface area contributed by atoms with Gasteiger partial charge in [0.15, 0.2) is 3.95 Å². The van der Waals surface area contributed by atoms with Crippen LogP contribution in [0.5, 0.6) is 0 Å². The van der Waals surface area contributed by atoms with Crippen molar-refractivity contribution in [3.8, 4) is 16.8 Å². The second-order valence-corrected chi connectivity index (χ2v) is 11.8. The monoisotopic (exact) mass is 437 g/mol. The highest BCUT2D eigenvalue weighted by Gasteiger charge is 2.22. The van der Waals surface area contributed by atoms with Gasteiger partial charge in [-0.05, 0) is 58.6 Å². The van der Waals surface area contributed by atoms with E-state index in [0.717, 1.165) is 16.8 Å². The van der Waals surface area contributed by atoms with Crippen LogP contribution in [0.1, 0.15) is 77.1 Å². The zero-order chi connectivity index (χ0) is 22.3. The van der Waals surface area contributed by atoms with E-state index >= 15 is 0 Å². The third-order valence-corrected chi connectivity index (χ3v) is 7.32. The number of thiazole rings is 1. The average Bonchev–Trinajstić information content (AvgIpc) is 3.01. The summed E-state index contributed by atoms with van der Waals surface area (Å²) in [4.78, 5) is 1.40. The smallest absolute Gasteiger partial charge is 0.166 e. The molecular weight excluding hydrogens is 402 g/mol. The summed E-state index contributed by atoms with van der Waals surface area (Å²) in [6.45, 7) is 18.2. The Morgan fingerprint density at radius 1 is 0.833 bits per heavy atom. The van der Waals surface area contributed by atoms with Gasteiger partial charge in [0, 0.05) is 16.1 Å². The Hall–Kier alpha value is -1.71. The number of para-hydroxylation sites is 1. The molecule has 0 saturated carbocycles. The van der Waals surface area contributed by atoms with E-state index in [1.54, 1.807) is 11.3 Å². The molecule has 0 atom stereocenters. The first-order valence-electron chi connectivity index (χ1n) is 11.0. The van der Waals surface area contributed by atoms with E-state index in [1.807, 2.05) is 0 Å². The van der Waals surface area contributed by atoms with Crippen LogP contribution in [-0.2, 0) is 23.7 Å². The van der Waals surface area contributed by atoms with Crippen molar-refractivity contribution in [2.45, 2.75) is 79.1 Å². The van der Waals surface area contributed by atoms with Gasteiger partial charge in [0.2, 0.25) is 0 Å². The number of hydrogen-bond donors (Lipinski definition) is 0. The third-order valence-electron chi connectivity index (χ3n) is 5.76. The molecule has 0 radical (unpaired) electrons. The number of hydrogen-bond acceptors (Lipinski definition) is 2. The van der Waals surface area contributed by atoms with Crippen molar-refractivity contribution in [1.82, 2.24) is 4.57 Å². The van der Waals surface area contributed by atoms with Crippen LogP contribution in [-0.4, -0.2) is 4.57 Å². The maximum Gasteiger partial charge on any atom is 0.166 e. The van der Waals surface area contributed by atoms with Crippen molar-refractivity contribution >= 4 is 23.6 Å². The average molecular weight is 438 g/mol. The van der Waals surface area contributed by atoms with Gasteiger partial charge in [0.05, 0.1) is 5.69 Å². The zero-order valence-corrected chi connectivity index (χ0v) is 21.4. The van der Waals surface area contributed by atoms with E-state index in [2.05, 4.69) is 102 Å². The molecule has 160 valence electrons. The van der Waals surface area contributed by atoms with E-state index in [1.165, 1.54) is 38.5 Å². The summed E-state index contributed by atoms with van der Waals surface area (Å²) in [5.41, 5.74) is 8.00. The first-order valence-corrected chi connectivity index (χ1v) is 12.2. The summed E-state index contributed by atoms with van der Waals surface area (Å²) in [5, 5.41) is 0. The van der Waals surface area contributed by atoms with Gasteiger partial charge >= 0.3 is 0 Å². The van der Waals surface area contributed by atoms with E-state index in [-0.39, 0.29) is 10.8 Å². The molecule has 0 aliphatic carbocycles. The molecule has 30 heavy (non-hydrogen) atoms. The molecule has 0 aliphatic rings. The minimum atomic E-state index is 0.0909. The molecule has 0 saturated heterocycles. The lowest BCUT2D eigenvalue weighted by Gasteiger charge is -2.27. The van der Waals surface area contributed by atoms with Crippen LogP contribution < -0.4 is 0 Å². The molecule has 0 fully saturated rings. The molecule has 0 spiro atoms. The van der Waals surface area contributed by atoms with Crippen LogP contribution in [0.3, 0.4) is 0 Å². The van der Waals surface area contributed by atoms with Crippen molar-refractivity contribution in [3.63, 3.8) is 0 Å². The molecule has 3 heteroatoms. The summed E-state index contributed by atoms with van der Waals surface area (Å²) < 4.78 is 3.26. The van der Waals surface area contributed by atoms with Gasteiger partial charge in [-0.1, -0.05) is 91.8 Å². The maximum atomic E-state index is 5.84. The topological polar surface area (TPSA) is 4.93 Å². The molecule has 0 bridgehead atoms. The molecule has 0 unspecified atom stereocenters. The molecule has 3 aromatic rings. The van der Waals surface area contributed by atoms with Crippen molar-refractivity contribution < 1.29 is 0 Å². The second-order valence-electron chi connectivity index (χ2n) is 10.1. The Labute approximate surface area is 191 Å². The Balaban J connectivity index is 2.33. The van der Waals surface area contributed by atoms with Gasteiger partial charge in [0.25, 0.3) is 0 Å². The van der Waals surface area contributed by atoms with Crippen molar-refractivity contribution in [2.75, 3.05) is 0 Å². The van der Waals surface area contributed by atoms with Crippen LogP contribution in [0.25, 0.3) is 16.8 Å². The normalized spacial score (nSPS) is 12.4. The number of aromatic nitrogens is 1. The summed E-state index contributed by atoms with van der Waals surface area (Å²) in [6, 6.07) is 15.9. The van der Waals surface area contributed by atoms with Crippen LogP contribution >= 0.6 is 23.6 Å². The Kier molecular flexibility index (Phi) is 6.46. The quantitative estimate of drug-likeness (QED) is 0.370. The largest absolute Gasteiger partial charge is 0.295 e. The van der Waals surface area contributed by atoms with Gasteiger partial charge in [-0.15, -0.1) is 11.3 Å². The van der Waals surface area contributed by atoms with Crippen LogP contribution in [0.4, 0.5) is 0 Å². The zero-order valence-electron chi connectivity index (χ0n) is 19.7. The Morgan fingerprint density at radius 3 is 1.90 bits per heavy atom. The highest BCUT2D eigenvalue weighted by atomic mass is 32.1. The van der Waals surface area contributed by atoms with E-state index in [0.29, 0.717) is 0 Å². The maximum absolute atomic E-state index is 5.84. The number of nitrogens with zero attached hydrogens (tertiary/aromatic N) is 1. The lowest BCUT2D eigenvalue weighted by Crippen LogP contribution is -2.16. The fourth-order valence-corrected chi connectivity index (χ4v) is 5.40. The predicted molar refractivity (Wildman–Crippen MR) is 136 cm³/mol. The fourth-order valence-electron chi connectivity index (χ4n) is 3.88. The SMILES string of the molecule is CCc1sc(=S)n(-c2ccccc2-c2cc(C(C)(C)C)cc(C(C)(C)C)c2)c1CC. The van der Waals surface area contributed by atoms with E-state index < -0.39 is 0 Å². The van der Waals surface area contributed by atoms with Crippen LogP contribution in [0, 0.1) is 3.95 Å². The summed E-state index contributed by atoms with van der Waals surface area (Å²) in [5.74, 6) is 0.